The number of hydrogen-bond acceptors (Lipinski definition) is 3. The van der Waals surface area contributed by atoms with Crippen LogP contribution >= 0.6 is 11.3 Å². The zero-order valence-electron chi connectivity index (χ0n) is 8.33. The van der Waals surface area contributed by atoms with Gasteiger partial charge < -0.3 is 10.4 Å². The van der Waals surface area contributed by atoms with Crippen LogP contribution in [-0.2, 0) is 6.42 Å². The van der Waals surface area contributed by atoms with Crippen molar-refractivity contribution < 1.29 is 5.11 Å². The molecule has 2 N–H and O–H groups in total. The molecule has 2 rings (SSSR count). The summed E-state index contributed by atoms with van der Waals surface area (Å²) >= 11 is 1.75. The highest BCUT2D eigenvalue weighted by atomic mass is 32.1. The fraction of sp³-hybridized carbons (Fsp3) is 0.636. The minimum absolute atomic E-state index is 0.421. The van der Waals surface area contributed by atoms with E-state index in [1.807, 2.05) is 0 Å². The molecule has 3 heteroatoms. The Morgan fingerprint density at radius 3 is 3.14 bits per heavy atom. The molecule has 0 saturated carbocycles. The molecule has 2 nitrogen and oxygen atoms in total. The normalized spacial score (nSPS) is 26.9. The molecule has 1 aromatic rings. The van der Waals surface area contributed by atoms with Crippen LogP contribution in [0.1, 0.15) is 24.8 Å². The molecule has 78 valence electrons. The first-order valence-corrected chi connectivity index (χ1v) is 6.17. The third kappa shape index (κ3) is 2.56. The Morgan fingerprint density at radius 2 is 2.50 bits per heavy atom. The Kier molecular flexibility index (Phi) is 3.21. The van der Waals surface area contributed by atoms with Gasteiger partial charge in [0, 0.05) is 6.54 Å². The Hall–Kier alpha value is -0.380. The molecule has 1 saturated heterocycles. The summed E-state index contributed by atoms with van der Waals surface area (Å²) in [6, 6.07) is 2.17. The maximum atomic E-state index is 10.1. The van der Waals surface area contributed by atoms with Gasteiger partial charge >= 0.3 is 0 Å². The van der Waals surface area contributed by atoms with Gasteiger partial charge in [0.2, 0.25) is 0 Å². The van der Waals surface area contributed by atoms with E-state index >= 15 is 0 Å². The van der Waals surface area contributed by atoms with Crippen LogP contribution in [0, 0.1) is 0 Å². The molecule has 1 fully saturated rings. The number of aliphatic hydroxyl groups is 1. The highest BCUT2D eigenvalue weighted by Crippen LogP contribution is 2.22. The molecule has 0 aromatic carbocycles. The van der Waals surface area contributed by atoms with E-state index in [0.717, 1.165) is 38.8 Å². The number of rotatable bonds is 4. The third-order valence-corrected chi connectivity index (χ3v) is 3.64. The number of thiophene rings is 1. The monoisotopic (exact) mass is 211 g/mol. The van der Waals surface area contributed by atoms with E-state index < -0.39 is 5.60 Å². The molecule has 0 radical (unpaired) electrons. The molecule has 1 aliphatic rings. The van der Waals surface area contributed by atoms with Gasteiger partial charge in [0.1, 0.15) is 0 Å². The molecule has 0 bridgehead atoms. The molecular weight excluding hydrogens is 194 g/mol. The Labute approximate surface area is 89.0 Å². The van der Waals surface area contributed by atoms with Crippen molar-refractivity contribution in [2.24, 2.45) is 0 Å². The number of β-amino-alcohol motifs (C(OH)–C–C–N with tert-alkyl or cyclic N) is 1. The maximum Gasteiger partial charge on any atom is 0.0783 e. The Morgan fingerprint density at radius 1 is 1.57 bits per heavy atom. The zero-order valence-corrected chi connectivity index (χ0v) is 9.15. The van der Waals surface area contributed by atoms with Gasteiger partial charge in [0.25, 0.3) is 0 Å². The predicted octanol–water partition coefficient (Wildman–Crippen LogP) is 1.80. The summed E-state index contributed by atoms with van der Waals surface area (Å²) in [5, 5.41) is 17.6. The summed E-state index contributed by atoms with van der Waals surface area (Å²) in [5.74, 6) is 0. The lowest BCUT2D eigenvalue weighted by atomic mass is 9.95. The summed E-state index contributed by atoms with van der Waals surface area (Å²) < 4.78 is 0. The van der Waals surface area contributed by atoms with E-state index in [0.29, 0.717) is 0 Å². The van der Waals surface area contributed by atoms with Crippen molar-refractivity contribution in [3.05, 3.63) is 22.4 Å². The first-order valence-electron chi connectivity index (χ1n) is 5.23. The lowest BCUT2D eigenvalue weighted by Gasteiger charge is -2.20. The van der Waals surface area contributed by atoms with Gasteiger partial charge in [-0.2, -0.15) is 11.3 Å². The fourth-order valence-electron chi connectivity index (χ4n) is 2.00. The van der Waals surface area contributed by atoms with E-state index in [2.05, 4.69) is 22.1 Å². The number of nitrogens with one attached hydrogen (secondary N) is 1. The van der Waals surface area contributed by atoms with Crippen molar-refractivity contribution >= 4 is 11.3 Å². The first kappa shape index (κ1) is 10.1. The predicted molar refractivity (Wildman–Crippen MR) is 59.7 cm³/mol. The first-order chi connectivity index (χ1) is 6.79. The summed E-state index contributed by atoms with van der Waals surface area (Å²) in [5.41, 5.74) is 0.986. The molecule has 1 aliphatic heterocycles. The van der Waals surface area contributed by atoms with Crippen LogP contribution in [0.2, 0.25) is 0 Å². The topological polar surface area (TPSA) is 32.3 Å². The average molecular weight is 211 g/mol. The minimum Gasteiger partial charge on any atom is -0.389 e. The van der Waals surface area contributed by atoms with Gasteiger partial charge in [-0.15, -0.1) is 0 Å². The van der Waals surface area contributed by atoms with Crippen molar-refractivity contribution in [3.63, 3.8) is 0 Å². The summed E-state index contributed by atoms with van der Waals surface area (Å²) in [6.45, 7) is 1.74. The van der Waals surface area contributed by atoms with Crippen LogP contribution in [0.25, 0.3) is 0 Å². The highest BCUT2D eigenvalue weighted by molar-refractivity contribution is 7.07. The van der Waals surface area contributed by atoms with Crippen LogP contribution in [-0.4, -0.2) is 23.8 Å². The second-order valence-electron chi connectivity index (χ2n) is 4.14. The summed E-state index contributed by atoms with van der Waals surface area (Å²) in [7, 11) is 0. The fourth-order valence-corrected chi connectivity index (χ4v) is 2.70. The van der Waals surface area contributed by atoms with E-state index in [9.17, 15) is 5.11 Å². The van der Waals surface area contributed by atoms with Crippen molar-refractivity contribution in [1.82, 2.24) is 5.32 Å². The standard InChI is InChI=1S/C11H17NOS/c13-11(5-6-12-9-11)4-1-2-10-3-7-14-8-10/h3,7-8,12-13H,1-2,4-6,9H2. The summed E-state index contributed by atoms with van der Waals surface area (Å²) in [6.07, 6.45) is 4.03. The number of hydrogen-bond donors (Lipinski definition) is 2. The van der Waals surface area contributed by atoms with E-state index in [4.69, 9.17) is 0 Å². The van der Waals surface area contributed by atoms with Gasteiger partial charge in [-0.25, -0.2) is 0 Å². The average Bonchev–Trinajstić information content (AvgIpc) is 2.77. The number of aryl methyl sites for hydroxylation is 1. The zero-order chi connectivity index (χ0) is 9.86. The van der Waals surface area contributed by atoms with Gasteiger partial charge in [-0.1, -0.05) is 0 Å². The summed E-state index contributed by atoms with van der Waals surface area (Å²) in [4.78, 5) is 0. The second-order valence-corrected chi connectivity index (χ2v) is 4.92. The van der Waals surface area contributed by atoms with Gasteiger partial charge in [0.05, 0.1) is 5.60 Å². The SMILES string of the molecule is OC1(CCCc2ccsc2)CCNC1. The molecule has 1 aromatic heterocycles. The molecule has 14 heavy (non-hydrogen) atoms. The molecule has 1 atom stereocenters. The molecule has 1 unspecified atom stereocenters. The van der Waals surface area contributed by atoms with E-state index in [-0.39, 0.29) is 0 Å². The molecular formula is C11H17NOS. The quantitative estimate of drug-likeness (QED) is 0.796. The van der Waals surface area contributed by atoms with Gasteiger partial charge in [-0.05, 0) is 54.6 Å². The van der Waals surface area contributed by atoms with Crippen molar-refractivity contribution in [2.75, 3.05) is 13.1 Å². The van der Waals surface area contributed by atoms with Crippen molar-refractivity contribution in [3.8, 4) is 0 Å². The van der Waals surface area contributed by atoms with Crippen LogP contribution < -0.4 is 5.32 Å². The smallest absolute Gasteiger partial charge is 0.0783 e. The molecule has 0 spiro atoms. The van der Waals surface area contributed by atoms with E-state index in [1.165, 1.54) is 5.56 Å². The van der Waals surface area contributed by atoms with Crippen LogP contribution in [0.4, 0.5) is 0 Å². The largest absolute Gasteiger partial charge is 0.389 e. The van der Waals surface area contributed by atoms with E-state index in [1.54, 1.807) is 11.3 Å². The van der Waals surface area contributed by atoms with Crippen LogP contribution in [0.3, 0.4) is 0 Å². The third-order valence-electron chi connectivity index (χ3n) is 2.91. The van der Waals surface area contributed by atoms with Crippen LogP contribution in [0.15, 0.2) is 16.8 Å². The van der Waals surface area contributed by atoms with Crippen molar-refractivity contribution in [2.45, 2.75) is 31.3 Å². The Bertz CT molecular complexity index is 265. The minimum atomic E-state index is -0.421. The molecule has 2 heterocycles. The van der Waals surface area contributed by atoms with Gasteiger partial charge in [0.15, 0.2) is 0 Å². The Balaban J connectivity index is 1.72. The van der Waals surface area contributed by atoms with Gasteiger partial charge in [-0.3, -0.25) is 0 Å². The lowest BCUT2D eigenvalue weighted by Crippen LogP contribution is -2.31. The molecule has 0 amide bonds. The highest BCUT2D eigenvalue weighted by Gasteiger charge is 2.29. The maximum absolute atomic E-state index is 10.1. The van der Waals surface area contributed by atoms with Crippen LogP contribution in [0.5, 0.6) is 0 Å². The second kappa shape index (κ2) is 4.43. The van der Waals surface area contributed by atoms with Crippen molar-refractivity contribution in [1.29, 1.82) is 0 Å². The lowest BCUT2D eigenvalue weighted by molar-refractivity contribution is 0.0503. The molecule has 0 aliphatic carbocycles.